The molecule has 26 heavy (non-hydrogen) atoms. The Bertz CT molecular complexity index is 704. The van der Waals surface area contributed by atoms with Gasteiger partial charge in [-0.15, -0.1) is 0 Å². The zero-order chi connectivity index (χ0) is 19.4. The second-order valence-corrected chi connectivity index (χ2v) is 6.34. The smallest absolute Gasteiger partial charge is 0.407 e. The lowest BCUT2D eigenvalue weighted by atomic mass is 9.84. The number of hydrogen-bond donors (Lipinski definition) is 1. The first kappa shape index (κ1) is 20.1. The summed E-state index contributed by atoms with van der Waals surface area (Å²) in [5, 5.41) is 8.68. The topological polar surface area (TPSA) is 83.9 Å². The molecular formula is C17H18ClF2NO5. The average Bonchev–Trinajstić information content (AvgIpc) is 2.58. The number of carbonyl (C=O) groups excluding carboxylic acids is 2. The Morgan fingerprint density at radius 1 is 1.31 bits per heavy atom. The largest absolute Gasteiger partial charge is 0.466 e. The van der Waals surface area contributed by atoms with Gasteiger partial charge in [-0.1, -0.05) is 11.6 Å². The van der Waals surface area contributed by atoms with E-state index in [1.165, 1.54) is 0 Å². The Labute approximate surface area is 153 Å². The van der Waals surface area contributed by atoms with E-state index in [1.807, 2.05) is 0 Å². The fourth-order valence-corrected chi connectivity index (χ4v) is 3.18. The number of hydrogen-bond acceptors (Lipinski definition) is 4. The summed E-state index contributed by atoms with van der Waals surface area (Å²) in [5.74, 6) is -3.66. The minimum absolute atomic E-state index is 0.00506. The van der Waals surface area contributed by atoms with Crippen LogP contribution in [-0.4, -0.2) is 41.0 Å². The summed E-state index contributed by atoms with van der Waals surface area (Å²) >= 11 is 5.47. The van der Waals surface area contributed by atoms with Gasteiger partial charge < -0.3 is 14.7 Å². The molecule has 0 aliphatic carbocycles. The molecule has 1 aliphatic rings. The van der Waals surface area contributed by atoms with E-state index in [0.29, 0.717) is 0 Å². The fraction of sp³-hybridized carbons (Fsp3) is 0.471. The van der Waals surface area contributed by atoms with Crippen molar-refractivity contribution in [2.45, 2.75) is 32.2 Å². The van der Waals surface area contributed by atoms with Crippen LogP contribution in [0.1, 0.15) is 37.8 Å². The maximum atomic E-state index is 13.8. The predicted molar refractivity (Wildman–Crippen MR) is 87.8 cm³/mol. The highest BCUT2D eigenvalue weighted by Crippen LogP contribution is 2.37. The summed E-state index contributed by atoms with van der Waals surface area (Å²) in [6.45, 7) is 1.77. The van der Waals surface area contributed by atoms with Crippen LogP contribution in [0.5, 0.6) is 0 Å². The molecule has 1 saturated heterocycles. The van der Waals surface area contributed by atoms with Gasteiger partial charge in [0.25, 0.3) is 0 Å². The minimum atomic E-state index is -1.26. The lowest BCUT2D eigenvalue weighted by molar-refractivity contribution is -0.146. The van der Waals surface area contributed by atoms with E-state index in [4.69, 9.17) is 16.3 Å². The molecule has 2 atom stereocenters. The fourth-order valence-electron chi connectivity index (χ4n) is 3.07. The molecule has 1 fully saturated rings. The van der Waals surface area contributed by atoms with Crippen molar-refractivity contribution in [2.24, 2.45) is 5.92 Å². The molecule has 1 heterocycles. The normalized spacial score (nSPS) is 19.9. The number of Topliss-reactive ketones (excluding diaryl/α,β-unsaturated/α-hetero) is 1. The van der Waals surface area contributed by atoms with Gasteiger partial charge >= 0.3 is 12.1 Å². The Hall–Kier alpha value is -2.22. The zero-order valence-corrected chi connectivity index (χ0v) is 14.8. The van der Waals surface area contributed by atoms with Crippen molar-refractivity contribution in [3.8, 4) is 0 Å². The first-order chi connectivity index (χ1) is 12.2. The van der Waals surface area contributed by atoms with Crippen molar-refractivity contribution in [1.82, 2.24) is 4.90 Å². The summed E-state index contributed by atoms with van der Waals surface area (Å²) in [6, 6.07) is 1.01. The number of carboxylic acid groups (broad SMARTS) is 1. The maximum Gasteiger partial charge on any atom is 0.407 e. The molecule has 0 saturated carbocycles. The summed E-state index contributed by atoms with van der Waals surface area (Å²) in [6.07, 6.45) is -1.44. The van der Waals surface area contributed by atoms with Gasteiger partial charge in [-0.25, -0.2) is 13.6 Å². The molecule has 1 aromatic carbocycles. The van der Waals surface area contributed by atoms with Gasteiger partial charge in [0.2, 0.25) is 0 Å². The van der Waals surface area contributed by atoms with Crippen molar-refractivity contribution in [1.29, 1.82) is 0 Å². The van der Waals surface area contributed by atoms with Crippen LogP contribution in [0.25, 0.3) is 0 Å². The molecule has 142 valence electrons. The summed E-state index contributed by atoms with van der Waals surface area (Å²) in [5.41, 5.74) is 0.0698. The molecule has 6 nitrogen and oxygen atoms in total. The van der Waals surface area contributed by atoms with Crippen LogP contribution in [0.4, 0.5) is 13.6 Å². The number of piperidine rings is 1. The van der Waals surface area contributed by atoms with Crippen molar-refractivity contribution in [2.75, 3.05) is 13.2 Å². The molecule has 1 aliphatic heterocycles. The molecule has 1 amide bonds. The second-order valence-electron chi connectivity index (χ2n) is 5.96. The Morgan fingerprint density at radius 2 is 1.92 bits per heavy atom. The van der Waals surface area contributed by atoms with Gasteiger partial charge in [-0.2, -0.15) is 0 Å². The molecule has 1 N–H and O–H groups in total. The third kappa shape index (κ3) is 4.49. The van der Waals surface area contributed by atoms with Crippen LogP contribution in [0.2, 0.25) is 5.02 Å². The number of esters is 1. The molecule has 0 aromatic heterocycles. The molecule has 9 heteroatoms. The van der Waals surface area contributed by atoms with E-state index < -0.39 is 47.1 Å². The van der Waals surface area contributed by atoms with E-state index in [1.54, 1.807) is 6.92 Å². The summed E-state index contributed by atoms with van der Waals surface area (Å²) in [7, 11) is 0. The number of halogens is 3. The lowest BCUT2D eigenvalue weighted by Gasteiger charge is -2.37. The van der Waals surface area contributed by atoms with E-state index in [-0.39, 0.29) is 37.3 Å². The van der Waals surface area contributed by atoms with E-state index in [2.05, 4.69) is 0 Å². The van der Waals surface area contributed by atoms with Gasteiger partial charge in [0.05, 0.1) is 12.6 Å². The highest BCUT2D eigenvalue weighted by molar-refractivity contribution is 6.30. The number of ether oxygens (including phenoxy) is 1. The van der Waals surface area contributed by atoms with Crippen LogP contribution in [0, 0.1) is 17.6 Å². The van der Waals surface area contributed by atoms with Gasteiger partial charge in [0, 0.05) is 12.5 Å². The quantitative estimate of drug-likeness (QED) is 0.473. The molecule has 0 unspecified atom stereocenters. The number of likely N-dealkylation sites (tertiary alicyclic amines) is 1. The number of benzene rings is 1. The Morgan fingerprint density at radius 3 is 2.46 bits per heavy atom. The Kier molecular flexibility index (Phi) is 6.52. The third-order valence-corrected chi connectivity index (χ3v) is 4.68. The monoisotopic (exact) mass is 389 g/mol. The van der Waals surface area contributed by atoms with Gasteiger partial charge in [-0.3, -0.25) is 9.59 Å². The molecule has 2 rings (SSSR count). The average molecular weight is 390 g/mol. The van der Waals surface area contributed by atoms with Gasteiger partial charge in [0.1, 0.15) is 28.9 Å². The highest BCUT2D eigenvalue weighted by atomic mass is 35.5. The van der Waals surface area contributed by atoms with Crippen LogP contribution < -0.4 is 0 Å². The van der Waals surface area contributed by atoms with Crippen molar-refractivity contribution >= 4 is 29.4 Å². The summed E-state index contributed by atoms with van der Waals surface area (Å²) in [4.78, 5) is 36.3. The van der Waals surface area contributed by atoms with Crippen LogP contribution in [0.3, 0.4) is 0 Å². The number of rotatable bonds is 5. The number of carbonyl (C=O) groups is 3. The van der Waals surface area contributed by atoms with E-state index in [0.717, 1.165) is 17.0 Å². The number of ketones is 1. The SMILES string of the molecule is CCOC(=O)CC(=O)[C@H]1CCN(C(=O)O)[C@@H](c2cc(F)c(Cl)c(F)c2)C1. The standard InChI is InChI=1S/C17H18ClF2NO5/c1-2-26-15(23)8-14(22)9-3-4-21(17(24)25)13(7-9)10-5-11(19)16(18)12(20)6-10/h5-6,9,13H,2-4,7-8H2,1H3,(H,24,25)/t9-,13+/m0/s1. The van der Waals surface area contributed by atoms with E-state index >= 15 is 0 Å². The second kappa shape index (κ2) is 8.44. The van der Waals surface area contributed by atoms with Crippen LogP contribution in [-0.2, 0) is 14.3 Å². The molecule has 1 aromatic rings. The van der Waals surface area contributed by atoms with E-state index in [9.17, 15) is 28.3 Å². The van der Waals surface area contributed by atoms with Crippen molar-refractivity contribution < 1.29 is 33.0 Å². The van der Waals surface area contributed by atoms with Crippen LogP contribution >= 0.6 is 11.6 Å². The maximum absolute atomic E-state index is 13.8. The van der Waals surface area contributed by atoms with Crippen LogP contribution in [0.15, 0.2) is 12.1 Å². The summed E-state index contributed by atoms with van der Waals surface area (Å²) < 4.78 is 32.3. The van der Waals surface area contributed by atoms with Crippen molar-refractivity contribution in [3.63, 3.8) is 0 Å². The predicted octanol–water partition coefficient (Wildman–Crippen LogP) is 3.57. The minimum Gasteiger partial charge on any atom is -0.466 e. The highest BCUT2D eigenvalue weighted by Gasteiger charge is 2.36. The molecular weight excluding hydrogens is 372 g/mol. The first-order valence-electron chi connectivity index (χ1n) is 8.06. The zero-order valence-electron chi connectivity index (χ0n) is 14.0. The first-order valence-corrected chi connectivity index (χ1v) is 8.44. The molecule has 0 bridgehead atoms. The third-order valence-electron chi connectivity index (χ3n) is 4.32. The van der Waals surface area contributed by atoms with Gasteiger partial charge in [-0.05, 0) is 37.5 Å². The Balaban J connectivity index is 2.24. The van der Waals surface area contributed by atoms with Crippen molar-refractivity contribution in [3.05, 3.63) is 34.4 Å². The van der Waals surface area contributed by atoms with Gasteiger partial charge in [0.15, 0.2) is 0 Å². The molecule has 0 spiro atoms. The number of nitrogens with zero attached hydrogens (tertiary/aromatic N) is 1. The lowest BCUT2D eigenvalue weighted by Crippen LogP contribution is -2.42. The number of amides is 1. The molecule has 0 radical (unpaired) electrons.